The second kappa shape index (κ2) is 7.67. The first kappa shape index (κ1) is 14.5. The summed E-state index contributed by atoms with van der Waals surface area (Å²) in [5.74, 6) is 0.588. The fraction of sp³-hybridized carbons (Fsp3) is 0.417. The molecule has 0 atom stereocenters. The highest BCUT2D eigenvalue weighted by Crippen LogP contribution is 2.15. The Kier molecular flexibility index (Phi) is 6.15. The monoisotopic (exact) mass is 311 g/mol. The third kappa shape index (κ3) is 5.15. The van der Waals surface area contributed by atoms with Gasteiger partial charge < -0.3 is 9.64 Å². The smallest absolute Gasteiger partial charge is 0.225 e. The third-order valence-corrected chi connectivity index (χ3v) is 2.68. The minimum Gasteiger partial charge on any atom is -0.491 e. The maximum absolute atomic E-state index is 11.6. The Balaban J connectivity index is 2.29. The lowest BCUT2D eigenvalue weighted by molar-refractivity contribution is -0.130. The molecule has 1 aromatic heterocycles. The molecule has 0 N–H and O–H groups in total. The fourth-order valence-corrected chi connectivity index (χ4v) is 1.60. The van der Waals surface area contributed by atoms with E-state index in [1.807, 2.05) is 6.07 Å². The van der Waals surface area contributed by atoms with Gasteiger partial charge in [-0.2, -0.15) is 5.26 Å². The molecule has 0 aliphatic rings. The van der Waals surface area contributed by atoms with Gasteiger partial charge in [0.2, 0.25) is 5.91 Å². The van der Waals surface area contributed by atoms with E-state index < -0.39 is 0 Å². The Labute approximate surface area is 115 Å². The molecule has 0 spiro atoms. The summed E-state index contributed by atoms with van der Waals surface area (Å²) in [5.41, 5.74) is 0. The average molecular weight is 312 g/mol. The van der Waals surface area contributed by atoms with Crippen molar-refractivity contribution in [1.82, 2.24) is 9.88 Å². The topological polar surface area (TPSA) is 66.2 Å². The lowest BCUT2D eigenvalue weighted by Crippen LogP contribution is -2.28. The van der Waals surface area contributed by atoms with Crippen molar-refractivity contribution >= 4 is 21.8 Å². The zero-order chi connectivity index (χ0) is 13.4. The number of nitrogens with zero attached hydrogens (tertiary/aromatic N) is 3. The third-order valence-electron chi connectivity index (χ3n) is 2.25. The molecule has 0 aromatic carbocycles. The SMILES string of the molecule is CN(CCC#N)C(=O)CCOc1cncc(Br)c1. The first-order valence-corrected chi connectivity index (χ1v) is 6.27. The van der Waals surface area contributed by atoms with E-state index in [2.05, 4.69) is 20.9 Å². The van der Waals surface area contributed by atoms with Crippen LogP contribution in [0.1, 0.15) is 12.8 Å². The van der Waals surface area contributed by atoms with Crippen LogP contribution in [0, 0.1) is 11.3 Å². The van der Waals surface area contributed by atoms with Crippen LogP contribution in [0.5, 0.6) is 5.75 Å². The van der Waals surface area contributed by atoms with Gasteiger partial charge in [0.15, 0.2) is 0 Å². The van der Waals surface area contributed by atoms with Gasteiger partial charge in [0.1, 0.15) is 5.75 Å². The number of rotatable bonds is 6. The van der Waals surface area contributed by atoms with Crippen LogP contribution in [0.3, 0.4) is 0 Å². The number of carbonyl (C=O) groups is 1. The molecule has 5 nitrogen and oxygen atoms in total. The number of carbonyl (C=O) groups excluding carboxylic acids is 1. The average Bonchev–Trinajstić information content (AvgIpc) is 2.35. The van der Waals surface area contributed by atoms with Crippen molar-refractivity contribution in [1.29, 1.82) is 5.26 Å². The number of hydrogen-bond donors (Lipinski definition) is 0. The maximum atomic E-state index is 11.6. The molecule has 0 saturated carbocycles. The minimum absolute atomic E-state index is 0.0341. The lowest BCUT2D eigenvalue weighted by atomic mass is 10.3. The van der Waals surface area contributed by atoms with E-state index in [0.29, 0.717) is 25.3 Å². The molecule has 18 heavy (non-hydrogen) atoms. The first-order chi connectivity index (χ1) is 8.63. The van der Waals surface area contributed by atoms with E-state index in [1.54, 1.807) is 25.5 Å². The predicted octanol–water partition coefficient (Wildman–Crippen LogP) is 1.99. The van der Waals surface area contributed by atoms with Gasteiger partial charge in [-0.15, -0.1) is 0 Å². The zero-order valence-electron chi connectivity index (χ0n) is 10.1. The van der Waals surface area contributed by atoms with Crippen molar-refractivity contribution in [2.75, 3.05) is 20.2 Å². The molecule has 6 heteroatoms. The first-order valence-electron chi connectivity index (χ1n) is 5.47. The van der Waals surface area contributed by atoms with Crippen molar-refractivity contribution in [2.24, 2.45) is 0 Å². The summed E-state index contributed by atoms with van der Waals surface area (Å²) >= 11 is 3.29. The Hall–Kier alpha value is -1.61. The highest BCUT2D eigenvalue weighted by molar-refractivity contribution is 9.10. The molecule has 0 unspecified atom stereocenters. The Morgan fingerprint density at radius 1 is 1.61 bits per heavy atom. The summed E-state index contributed by atoms with van der Waals surface area (Å²) in [4.78, 5) is 17.1. The standard InChI is InChI=1S/C12H14BrN3O2/c1-16(5-2-4-14)12(17)3-6-18-11-7-10(13)8-15-9-11/h7-9H,2-3,5-6H2,1H3. The quantitative estimate of drug-likeness (QED) is 0.805. The predicted molar refractivity (Wildman–Crippen MR) is 69.9 cm³/mol. The summed E-state index contributed by atoms with van der Waals surface area (Å²) < 4.78 is 6.24. The van der Waals surface area contributed by atoms with Gasteiger partial charge in [-0.3, -0.25) is 9.78 Å². The lowest BCUT2D eigenvalue weighted by Gasteiger charge is -2.15. The molecule has 0 bridgehead atoms. The summed E-state index contributed by atoms with van der Waals surface area (Å²) in [6.45, 7) is 0.752. The van der Waals surface area contributed by atoms with Gasteiger partial charge >= 0.3 is 0 Å². The summed E-state index contributed by atoms with van der Waals surface area (Å²) in [6, 6.07) is 3.79. The Bertz CT molecular complexity index is 445. The van der Waals surface area contributed by atoms with E-state index >= 15 is 0 Å². The number of ether oxygens (including phenoxy) is 1. The van der Waals surface area contributed by atoms with Gasteiger partial charge in [0, 0.05) is 24.3 Å². The van der Waals surface area contributed by atoms with Crippen LogP contribution in [-0.2, 0) is 4.79 Å². The molecular weight excluding hydrogens is 298 g/mol. The second-order valence-corrected chi connectivity index (χ2v) is 4.58. The second-order valence-electron chi connectivity index (χ2n) is 3.66. The highest BCUT2D eigenvalue weighted by Gasteiger charge is 2.08. The number of nitriles is 1. The fourth-order valence-electron chi connectivity index (χ4n) is 1.26. The van der Waals surface area contributed by atoms with Crippen LogP contribution in [0.2, 0.25) is 0 Å². The molecule has 0 radical (unpaired) electrons. The minimum atomic E-state index is -0.0341. The van der Waals surface area contributed by atoms with Gasteiger partial charge in [0.25, 0.3) is 0 Å². The van der Waals surface area contributed by atoms with E-state index in [-0.39, 0.29) is 12.3 Å². The number of amides is 1. The van der Waals surface area contributed by atoms with E-state index in [1.165, 1.54) is 4.90 Å². The van der Waals surface area contributed by atoms with Crippen molar-refractivity contribution < 1.29 is 9.53 Å². The molecule has 0 aliphatic carbocycles. The van der Waals surface area contributed by atoms with Crippen molar-refractivity contribution in [3.8, 4) is 11.8 Å². The maximum Gasteiger partial charge on any atom is 0.225 e. The van der Waals surface area contributed by atoms with Crippen molar-refractivity contribution in [2.45, 2.75) is 12.8 Å². The molecule has 1 heterocycles. The van der Waals surface area contributed by atoms with Gasteiger partial charge in [-0.1, -0.05) is 0 Å². The van der Waals surface area contributed by atoms with Crippen molar-refractivity contribution in [3.05, 3.63) is 22.9 Å². The summed E-state index contributed by atoms with van der Waals surface area (Å²) in [5, 5.41) is 8.42. The Morgan fingerprint density at radius 2 is 2.39 bits per heavy atom. The van der Waals surface area contributed by atoms with Crippen LogP contribution in [0.15, 0.2) is 22.9 Å². The molecule has 96 valence electrons. The van der Waals surface area contributed by atoms with Gasteiger partial charge in [-0.25, -0.2) is 0 Å². The molecule has 0 saturated heterocycles. The number of halogens is 1. The van der Waals surface area contributed by atoms with Gasteiger partial charge in [0.05, 0.1) is 31.7 Å². The van der Waals surface area contributed by atoms with Crippen LogP contribution in [0.25, 0.3) is 0 Å². The van der Waals surface area contributed by atoms with E-state index in [9.17, 15) is 4.79 Å². The number of aromatic nitrogens is 1. The Morgan fingerprint density at radius 3 is 3.06 bits per heavy atom. The van der Waals surface area contributed by atoms with Crippen LogP contribution in [-0.4, -0.2) is 36.0 Å². The number of hydrogen-bond acceptors (Lipinski definition) is 4. The molecular formula is C12H14BrN3O2. The van der Waals surface area contributed by atoms with E-state index in [4.69, 9.17) is 10.00 Å². The molecule has 0 fully saturated rings. The number of pyridine rings is 1. The molecule has 1 amide bonds. The summed E-state index contributed by atoms with van der Waals surface area (Å²) in [6.07, 6.45) is 3.88. The van der Waals surface area contributed by atoms with Crippen LogP contribution in [0.4, 0.5) is 0 Å². The van der Waals surface area contributed by atoms with Crippen LogP contribution >= 0.6 is 15.9 Å². The molecule has 1 aromatic rings. The normalized spacial score (nSPS) is 9.61. The zero-order valence-corrected chi connectivity index (χ0v) is 11.7. The van der Waals surface area contributed by atoms with E-state index in [0.717, 1.165) is 4.47 Å². The summed E-state index contributed by atoms with van der Waals surface area (Å²) in [7, 11) is 1.68. The molecule has 1 rings (SSSR count). The largest absolute Gasteiger partial charge is 0.491 e. The van der Waals surface area contributed by atoms with Crippen LogP contribution < -0.4 is 4.74 Å². The van der Waals surface area contributed by atoms with Crippen molar-refractivity contribution in [3.63, 3.8) is 0 Å². The molecule has 0 aliphatic heterocycles. The van der Waals surface area contributed by atoms with Gasteiger partial charge in [-0.05, 0) is 22.0 Å². The highest BCUT2D eigenvalue weighted by atomic mass is 79.9.